The third-order valence-electron chi connectivity index (χ3n) is 6.07. The average molecular weight is 808 g/mol. The zero-order valence-corrected chi connectivity index (χ0v) is 26.1. The van der Waals surface area contributed by atoms with Gasteiger partial charge < -0.3 is 18.9 Å². The molecule has 0 saturated heterocycles. The third-order valence-corrected chi connectivity index (χ3v) is 7.64. The lowest BCUT2D eigenvalue weighted by Gasteiger charge is -2.34. The number of anilines is 1. The van der Waals surface area contributed by atoms with E-state index in [1.807, 2.05) is 0 Å². The van der Waals surface area contributed by atoms with Crippen LogP contribution >= 0.6 is 15.9 Å². The van der Waals surface area contributed by atoms with Crippen LogP contribution in [-0.2, 0) is 33.8 Å². The summed E-state index contributed by atoms with van der Waals surface area (Å²) in [6.45, 7) is -1.80. The number of carbonyl (C=O) groups is 1. The number of rotatable bonds is 12. The summed E-state index contributed by atoms with van der Waals surface area (Å²) in [5.41, 5.74) is -12.5. The molecule has 0 spiro atoms. The van der Waals surface area contributed by atoms with E-state index in [9.17, 15) is 65.9 Å². The van der Waals surface area contributed by atoms with E-state index in [-0.39, 0.29) is 48.3 Å². The van der Waals surface area contributed by atoms with Crippen LogP contribution in [0.3, 0.4) is 0 Å². The molecule has 2 aromatic carbocycles. The molecule has 3 aromatic rings. The fourth-order valence-corrected chi connectivity index (χ4v) is 5.11. The molecule has 270 valence electrons. The lowest BCUT2D eigenvalue weighted by atomic mass is 10.0. The van der Waals surface area contributed by atoms with Crippen molar-refractivity contribution in [3.05, 3.63) is 75.5 Å². The lowest BCUT2D eigenvalue weighted by Crippen LogP contribution is -2.40. The van der Waals surface area contributed by atoms with Crippen molar-refractivity contribution in [2.24, 2.45) is 0 Å². The van der Waals surface area contributed by atoms with Gasteiger partial charge in [-0.15, -0.1) is 0 Å². The molecule has 3 rings (SSSR count). The molecular formula is C26H18BrF12N3O6S. The van der Waals surface area contributed by atoms with Gasteiger partial charge in [0, 0.05) is 18.5 Å². The fraction of sp³-hybridized carbons (Fsp3) is 0.346. The molecule has 49 heavy (non-hydrogen) atoms. The van der Waals surface area contributed by atoms with E-state index in [2.05, 4.69) is 30.1 Å². The number of carboxylic acids is 1. The zero-order chi connectivity index (χ0) is 37.2. The minimum Gasteiger partial charge on any atom is -0.490 e. The van der Waals surface area contributed by atoms with Gasteiger partial charge in [-0.25, -0.2) is 9.97 Å². The van der Waals surface area contributed by atoms with Gasteiger partial charge in [-0.2, -0.15) is 61.1 Å². The highest BCUT2D eigenvalue weighted by Crippen LogP contribution is 2.47. The minimum absolute atomic E-state index is 0.0430. The first-order valence-electron chi connectivity index (χ1n) is 12.9. The number of halogens is 13. The number of nitrogens with zero attached hydrogens (tertiary/aromatic N) is 3. The Morgan fingerprint density at radius 1 is 0.898 bits per heavy atom. The number of alkyl halides is 12. The van der Waals surface area contributed by atoms with Crippen LogP contribution in [0.2, 0.25) is 0 Å². The number of hydrogen-bond donors (Lipinski definition) is 1. The Morgan fingerprint density at radius 2 is 1.45 bits per heavy atom. The number of para-hydroxylation sites is 1. The summed E-state index contributed by atoms with van der Waals surface area (Å²) in [6.07, 6.45) is -15.5. The number of carboxylic acid groups (broad SMARTS) is 1. The number of hydrogen-bond acceptors (Lipinski definition) is 8. The van der Waals surface area contributed by atoms with Gasteiger partial charge in [0.1, 0.15) is 0 Å². The first kappa shape index (κ1) is 39.4. The van der Waals surface area contributed by atoms with Crippen LogP contribution in [0.25, 0.3) is 0 Å². The van der Waals surface area contributed by atoms with E-state index in [0.29, 0.717) is 18.5 Å². The molecule has 0 radical (unpaired) electrons. The second-order valence-electron chi connectivity index (χ2n) is 9.69. The smallest absolute Gasteiger partial charge is 0.490 e. The van der Waals surface area contributed by atoms with Gasteiger partial charge in [0.2, 0.25) is 5.95 Å². The molecule has 0 amide bonds. The zero-order valence-electron chi connectivity index (χ0n) is 23.7. The normalized spacial score (nSPS) is 13.6. The molecular weight excluding hydrogens is 790 g/mol. The largest absolute Gasteiger partial charge is 0.534 e. The van der Waals surface area contributed by atoms with Gasteiger partial charge in [-0.3, -0.25) is 4.79 Å². The first-order chi connectivity index (χ1) is 22.3. The maximum absolute atomic E-state index is 14.9. The maximum atomic E-state index is 14.9. The predicted octanol–water partition coefficient (Wildman–Crippen LogP) is 8.06. The molecule has 23 heteroatoms. The van der Waals surface area contributed by atoms with Crippen molar-refractivity contribution < 1.29 is 79.9 Å². The standard InChI is InChI=1S/C26H18BrF12N3O6S/c27-18-4-1-3-17(20(18)48-49(45,46)26(37,38)39)21(25(34,35)36)42(22-40-10-16(11-41-22)47-6-2-5-19(43)44)12-13-7-14(23(28,29)30)9-15(8-13)24(31,32)33/h1,3-4,7-11,21H,2,5-6,12H2,(H,43,44). The molecule has 0 fully saturated rings. The summed E-state index contributed by atoms with van der Waals surface area (Å²) in [6, 6.07) is -1.49. The Morgan fingerprint density at radius 3 is 1.92 bits per heavy atom. The van der Waals surface area contributed by atoms with Crippen molar-refractivity contribution in [1.29, 1.82) is 0 Å². The molecule has 1 unspecified atom stereocenters. The molecule has 0 bridgehead atoms. The van der Waals surface area contributed by atoms with Crippen LogP contribution in [0.5, 0.6) is 11.5 Å². The van der Waals surface area contributed by atoms with E-state index in [0.717, 1.165) is 12.1 Å². The Kier molecular flexibility index (Phi) is 11.6. The maximum Gasteiger partial charge on any atom is 0.534 e. The van der Waals surface area contributed by atoms with E-state index in [4.69, 9.17) is 9.84 Å². The number of benzene rings is 2. The SMILES string of the molecule is O=C(O)CCCOc1cnc(N(Cc2cc(C(F)(F)F)cc(C(F)(F)F)c2)C(c2cccc(Br)c2OS(=O)(=O)C(F)(F)F)C(F)(F)F)nc1. The van der Waals surface area contributed by atoms with Crippen molar-refractivity contribution in [1.82, 2.24) is 9.97 Å². The summed E-state index contributed by atoms with van der Waals surface area (Å²) >= 11 is 2.61. The van der Waals surface area contributed by atoms with Crippen LogP contribution in [0.4, 0.5) is 58.6 Å². The molecule has 1 heterocycles. The van der Waals surface area contributed by atoms with Crippen LogP contribution in [0.15, 0.2) is 53.3 Å². The van der Waals surface area contributed by atoms with Crippen molar-refractivity contribution in [2.45, 2.75) is 49.5 Å². The highest BCUT2D eigenvalue weighted by atomic mass is 79.9. The van der Waals surface area contributed by atoms with Gasteiger partial charge >= 0.3 is 40.1 Å². The summed E-state index contributed by atoms with van der Waals surface area (Å²) in [5, 5.41) is 8.70. The molecule has 0 aliphatic rings. The van der Waals surface area contributed by atoms with Crippen LogP contribution in [0.1, 0.15) is 41.1 Å². The molecule has 0 aliphatic heterocycles. The predicted molar refractivity (Wildman–Crippen MR) is 146 cm³/mol. The van der Waals surface area contributed by atoms with E-state index in [1.54, 1.807) is 0 Å². The molecule has 0 saturated carbocycles. The first-order valence-corrected chi connectivity index (χ1v) is 15.1. The van der Waals surface area contributed by atoms with Crippen molar-refractivity contribution >= 4 is 38.0 Å². The van der Waals surface area contributed by atoms with Crippen molar-refractivity contribution in [2.75, 3.05) is 11.5 Å². The molecule has 1 aromatic heterocycles. The van der Waals surface area contributed by atoms with Crippen LogP contribution in [-0.4, -0.2) is 47.8 Å². The van der Waals surface area contributed by atoms with Gasteiger partial charge in [0.25, 0.3) is 0 Å². The summed E-state index contributed by atoms with van der Waals surface area (Å²) in [4.78, 5) is 17.9. The number of aromatic nitrogens is 2. The number of aliphatic carboxylic acids is 1. The van der Waals surface area contributed by atoms with Gasteiger partial charge in [0.05, 0.1) is 34.6 Å². The average Bonchev–Trinajstić information content (AvgIpc) is 2.94. The Bertz CT molecular complexity index is 1720. The van der Waals surface area contributed by atoms with Crippen LogP contribution in [0, 0.1) is 0 Å². The van der Waals surface area contributed by atoms with Gasteiger partial charge in [0.15, 0.2) is 17.5 Å². The topological polar surface area (TPSA) is 119 Å². The third kappa shape index (κ3) is 10.2. The Hall–Kier alpha value is -4.02. The summed E-state index contributed by atoms with van der Waals surface area (Å²) in [7, 11) is -6.64. The summed E-state index contributed by atoms with van der Waals surface area (Å²) in [5.74, 6) is -4.13. The van der Waals surface area contributed by atoms with Gasteiger partial charge in [-0.1, -0.05) is 12.1 Å². The molecule has 9 nitrogen and oxygen atoms in total. The van der Waals surface area contributed by atoms with E-state index < -0.39 is 91.1 Å². The summed E-state index contributed by atoms with van der Waals surface area (Å²) < 4.78 is 198. The quantitative estimate of drug-likeness (QED) is 0.0840. The van der Waals surface area contributed by atoms with Crippen molar-refractivity contribution in [3.63, 3.8) is 0 Å². The molecule has 0 aliphatic carbocycles. The lowest BCUT2D eigenvalue weighted by molar-refractivity contribution is -0.151. The fourth-order valence-electron chi connectivity index (χ4n) is 4.04. The molecule has 1 atom stereocenters. The van der Waals surface area contributed by atoms with Crippen LogP contribution < -0.4 is 13.8 Å². The Labute approximate surface area is 275 Å². The second kappa shape index (κ2) is 14.5. The number of ether oxygens (including phenoxy) is 1. The highest BCUT2D eigenvalue weighted by molar-refractivity contribution is 9.10. The highest BCUT2D eigenvalue weighted by Gasteiger charge is 2.52. The van der Waals surface area contributed by atoms with Crippen molar-refractivity contribution in [3.8, 4) is 11.5 Å². The second-order valence-corrected chi connectivity index (χ2v) is 12.1. The minimum atomic E-state index is -6.64. The Balaban J connectivity index is 2.28. The monoisotopic (exact) mass is 807 g/mol. The van der Waals surface area contributed by atoms with E-state index >= 15 is 0 Å². The van der Waals surface area contributed by atoms with Gasteiger partial charge in [-0.05, 0) is 52.2 Å². The van der Waals surface area contributed by atoms with E-state index in [1.165, 1.54) is 0 Å². The molecule has 1 N–H and O–H groups in total.